The second-order valence-corrected chi connectivity index (χ2v) is 8.36. The van der Waals surface area contributed by atoms with Gasteiger partial charge in [0.25, 0.3) is 5.91 Å². The molecule has 34 heavy (non-hydrogen) atoms. The minimum absolute atomic E-state index is 0.00876. The standard InChI is InChI=1S/C25H21FN4O3S/c1-16-5-8-19(9-6-16)33-14-24-28-18(15-34-24)13-23(31)29-22-12-17(26)7-10-20(22)30-25(32)21-4-2-3-11-27-21/h2-12,15H,13-14H2,1H3,(H,29,31)(H,30,32). The molecule has 7 nitrogen and oxygen atoms in total. The number of nitrogens with zero attached hydrogens (tertiary/aromatic N) is 2. The van der Waals surface area contributed by atoms with Crippen molar-refractivity contribution in [2.75, 3.05) is 10.6 Å². The van der Waals surface area contributed by atoms with Gasteiger partial charge in [0.2, 0.25) is 5.91 Å². The number of ether oxygens (including phenoxy) is 1. The van der Waals surface area contributed by atoms with Crippen LogP contribution in [0.4, 0.5) is 15.8 Å². The maximum Gasteiger partial charge on any atom is 0.274 e. The Kier molecular flexibility index (Phi) is 7.24. The molecule has 172 valence electrons. The number of hydrogen-bond acceptors (Lipinski definition) is 6. The Labute approximate surface area is 199 Å². The largest absolute Gasteiger partial charge is 0.486 e. The molecule has 2 amide bonds. The Hall–Kier alpha value is -4.11. The van der Waals surface area contributed by atoms with E-state index >= 15 is 0 Å². The first-order chi connectivity index (χ1) is 16.5. The van der Waals surface area contributed by atoms with Gasteiger partial charge in [-0.1, -0.05) is 23.8 Å². The van der Waals surface area contributed by atoms with Crippen LogP contribution >= 0.6 is 11.3 Å². The average Bonchev–Trinajstić information content (AvgIpc) is 3.28. The highest BCUT2D eigenvalue weighted by atomic mass is 32.1. The number of pyridine rings is 1. The maximum absolute atomic E-state index is 13.8. The van der Waals surface area contributed by atoms with Gasteiger partial charge in [-0.15, -0.1) is 11.3 Å². The van der Waals surface area contributed by atoms with Crippen LogP contribution in [0.5, 0.6) is 5.75 Å². The summed E-state index contributed by atoms with van der Waals surface area (Å²) in [4.78, 5) is 33.4. The molecule has 0 unspecified atom stereocenters. The van der Waals surface area contributed by atoms with Gasteiger partial charge in [-0.25, -0.2) is 9.37 Å². The van der Waals surface area contributed by atoms with E-state index in [2.05, 4.69) is 20.6 Å². The van der Waals surface area contributed by atoms with Gasteiger partial charge in [0, 0.05) is 11.6 Å². The van der Waals surface area contributed by atoms with Gasteiger partial charge in [-0.2, -0.15) is 0 Å². The van der Waals surface area contributed by atoms with E-state index in [0.29, 0.717) is 12.3 Å². The van der Waals surface area contributed by atoms with E-state index in [9.17, 15) is 14.0 Å². The molecule has 0 spiro atoms. The minimum atomic E-state index is -0.546. The van der Waals surface area contributed by atoms with Gasteiger partial charge >= 0.3 is 0 Å². The van der Waals surface area contributed by atoms with E-state index < -0.39 is 17.6 Å². The summed E-state index contributed by atoms with van der Waals surface area (Å²) >= 11 is 1.39. The van der Waals surface area contributed by atoms with Crippen LogP contribution in [0.15, 0.2) is 72.2 Å². The first-order valence-electron chi connectivity index (χ1n) is 10.4. The number of nitrogens with one attached hydrogen (secondary N) is 2. The van der Waals surface area contributed by atoms with Gasteiger partial charge in [0.15, 0.2) is 0 Å². The van der Waals surface area contributed by atoms with E-state index in [-0.39, 0.29) is 23.5 Å². The predicted octanol–water partition coefficient (Wildman–Crippen LogP) is 5.00. The molecule has 0 saturated heterocycles. The number of benzene rings is 2. The summed E-state index contributed by atoms with van der Waals surface area (Å²) in [6, 6.07) is 16.4. The van der Waals surface area contributed by atoms with Crippen LogP contribution in [0.2, 0.25) is 0 Å². The Morgan fingerprint density at radius 2 is 1.85 bits per heavy atom. The van der Waals surface area contributed by atoms with Crippen molar-refractivity contribution in [1.82, 2.24) is 9.97 Å². The summed E-state index contributed by atoms with van der Waals surface area (Å²) in [6.07, 6.45) is 1.49. The topological polar surface area (TPSA) is 93.2 Å². The molecule has 0 radical (unpaired) electrons. The maximum atomic E-state index is 13.8. The van der Waals surface area contributed by atoms with Gasteiger partial charge in [-0.05, 0) is 49.4 Å². The fourth-order valence-electron chi connectivity index (χ4n) is 3.05. The summed E-state index contributed by atoms with van der Waals surface area (Å²) in [5.41, 5.74) is 2.32. The molecule has 9 heteroatoms. The van der Waals surface area contributed by atoms with E-state index in [4.69, 9.17) is 4.74 Å². The SMILES string of the molecule is Cc1ccc(OCc2nc(CC(=O)Nc3cc(F)ccc3NC(=O)c3ccccn3)cs2)cc1. The zero-order chi connectivity index (χ0) is 23.9. The number of halogens is 1. The third-order valence-electron chi connectivity index (χ3n) is 4.73. The van der Waals surface area contributed by atoms with E-state index in [1.807, 2.05) is 31.2 Å². The van der Waals surface area contributed by atoms with Crippen LogP contribution in [0.1, 0.15) is 26.8 Å². The monoisotopic (exact) mass is 476 g/mol. The molecule has 0 aliphatic carbocycles. The van der Waals surface area contributed by atoms with Crippen molar-refractivity contribution in [3.8, 4) is 5.75 Å². The minimum Gasteiger partial charge on any atom is -0.486 e. The van der Waals surface area contributed by atoms with E-state index in [1.165, 1.54) is 29.7 Å². The molecule has 4 rings (SSSR count). The summed E-state index contributed by atoms with van der Waals surface area (Å²) in [5.74, 6) is -0.669. The highest BCUT2D eigenvalue weighted by Crippen LogP contribution is 2.24. The van der Waals surface area contributed by atoms with Crippen molar-refractivity contribution < 1.29 is 18.7 Å². The molecular weight excluding hydrogens is 455 g/mol. The van der Waals surface area contributed by atoms with Crippen LogP contribution in [0, 0.1) is 12.7 Å². The third kappa shape index (κ3) is 6.23. The second kappa shape index (κ2) is 10.7. The lowest BCUT2D eigenvalue weighted by molar-refractivity contribution is -0.115. The summed E-state index contributed by atoms with van der Waals surface area (Å²) < 4.78 is 19.6. The van der Waals surface area contributed by atoms with Gasteiger partial charge in [0.05, 0.1) is 23.5 Å². The summed E-state index contributed by atoms with van der Waals surface area (Å²) in [5, 5.41) is 7.81. The second-order valence-electron chi connectivity index (χ2n) is 7.42. The lowest BCUT2D eigenvalue weighted by Crippen LogP contribution is -2.19. The number of aryl methyl sites for hydroxylation is 1. The van der Waals surface area contributed by atoms with Gasteiger partial charge < -0.3 is 15.4 Å². The third-order valence-corrected chi connectivity index (χ3v) is 5.60. The number of carbonyl (C=O) groups excluding carboxylic acids is 2. The predicted molar refractivity (Wildman–Crippen MR) is 129 cm³/mol. The molecule has 0 fully saturated rings. The molecule has 0 aliphatic rings. The molecule has 2 aromatic carbocycles. The normalized spacial score (nSPS) is 10.5. The quantitative estimate of drug-likeness (QED) is 0.373. The van der Waals surface area contributed by atoms with Crippen molar-refractivity contribution in [1.29, 1.82) is 0 Å². The number of anilines is 2. The Bertz CT molecular complexity index is 1290. The Morgan fingerprint density at radius 1 is 1.03 bits per heavy atom. The summed E-state index contributed by atoms with van der Waals surface area (Å²) in [7, 11) is 0. The number of rotatable bonds is 8. The molecule has 2 heterocycles. The van der Waals surface area contributed by atoms with Gasteiger partial charge in [-0.3, -0.25) is 14.6 Å². The van der Waals surface area contributed by atoms with E-state index in [0.717, 1.165) is 22.4 Å². The van der Waals surface area contributed by atoms with Crippen LogP contribution in [-0.2, 0) is 17.8 Å². The smallest absolute Gasteiger partial charge is 0.274 e. The lowest BCUT2D eigenvalue weighted by atomic mass is 10.2. The molecule has 0 aliphatic heterocycles. The molecule has 0 saturated carbocycles. The highest BCUT2D eigenvalue weighted by Gasteiger charge is 2.14. The van der Waals surface area contributed by atoms with Crippen molar-refractivity contribution >= 4 is 34.5 Å². The molecule has 4 aromatic rings. The van der Waals surface area contributed by atoms with Crippen molar-refractivity contribution in [3.05, 3.63) is 100 Å². The molecule has 0 bridgehead atoms. The number of carbonyl (C=O) groups is 2. The number of amides is 2. The average molecular weight is 477 g/mol. The molecule has 0 atom stereocenters. The zero-order valence-corrected chi connectivity index (χ0v) is 19.1. The van der Waals surface area contributed by atoms with Crippen LogP contribution in [0.25, 0.3) is 0 Å². The van der Waals surface area contributed by atoms with Crippen LogP contribution in [0.3, 0.4) is 0 Å². The summed E-state index contributed by atoms with van der Waals surface area (Å²) in [6.45, 7) is 2.30. The number of aromatic nitrogens is 2. The van der Waals surface area contributed by atoms with Crippen LogP contribution < -0.4 is 15.4 Å². The Morgan fingerprint density at radius 3 is 2.62 bits per heavy atom. The van der Waals surface area contributed by atoms with Gasteiger partial charge in [0.1, 0.15) is 28.9 Å². The lowest BCUT2D eigenvalue weighted by Gasteiger charge is -2.12. The highest BCUT2D eigenvalue weighted by molar-refractivity contribution is 7.09. The number of hydrogen-bond donors (Lipinski definition) is 2. The number of thiazole rings is 1. The fraction of sp³-hybridized carbons (Fsp3) is 0.120. The van der Waals surface area contributed by atoms with Crippen LogP contribution in [-0.4, -0.2) is 21.8 Å². The first-order valence-corrected chi connectivity index (χ1v) is 11.3. The Balaban J connectivity index is 1.37. The van der Waals surface area contributed by atoms with Crippen molar-refractivity contribution in [2.24, 2.45) is 0 Å². The van der Waals surface area contributed by atoms with Crippen molar-refractivity contribution in [2.45, 2.75) is 20.0 Å². The van der Waals surface area contributed by atoms with Crippen molar-refractivity contribution in [3.63, 3.8) is 0 Å². The molecule has 2 aromatic heterocycles. The molecule has 2 N–H and O–H groups in total. The zero-order valence-electron chi connectivity index (χ0n) is 18.2. The fourth-order valence-corrected chi connectivity index (χ4v) is 3.75. The molecular formula is C25H21FN4O3S. The van der Waals surface area contributed by atoms with E-state index in [1.54, 1.807) is 23.6 Å². The first kappa shape index (κ1) is 23.1.